The molecule has 1 aliphatic rings. The molecule has 3 heterocycles. The molecule has 0 unspecified atom stereocenters. The molecule has 4 aromatic rings. The lowest BCUT2D eigenvalue weighted by atomic mass is 10.1. The fourth-order valence-corrected chi connectivity index (χ4v) is 4.83. The average Bonchev–Trinajstić information content (AvgIpc) is 3.34. The number of aryl methyl sites for hydroxylation is 1. The number of aromatic amines is 1. The van der Waals surface area contributed by atoms with E-state index in [9.17, 15) is 10.1 Å². The molecule has 1 saturated heterocycles. The first kappa shape index (κ1) is 24.3. The van der Waals surface area contributed by atoms with Gasteiger partial charge in [0.2, 0.25) is 5.88 Å². The van der Waals surface area contributed by atoms with Gasteiger partial charge < -0.3 is 20.4 Å². The van der Waals surface area contributed by atoms with Crippen LogP contribution in [0.2, 0.25) is 0 Å². The minimum atomic E-state index is -0.565. The van der Waals surface area contributed by atoms with E-state index in [4.69, 9.17) is 10.5 Å². The lowest BCUT2D eigenvalue weighted by Gasteiger charge is -2.36. The quantitative estimate of drug-likeness (QED) is 0.332. The Bertz CT molecular complexity index is 1410. The number of benzene rings is 2. The van der Waals surface area contributed by atoms with Gasteiger partial charge in [-0.05, 0) is 86.0 Å². The zero-order valence-corrected chi connectivity index (χ0v) is 20.7. The summed E-state index contributed by atoms with van der Waals surface area (Å²) in [5, 5.41) is 10.3. The van der Waals surface area contributed by atoms with Crippen molar-refractivity contribution in [1.29, 1.82) is 5.26 Å². The Hall–Kier alpha value is -4.35. The fourth-order valence-electron chi connectivity index (χ4n) is 4.83. The molecule has 0 bridgehead atoms. The minimum Gasteiger partial charge on any atom is -0.438 e. The van der Waals surface area contributed by atoms with Gasteiger partial charge in [-0.3, -0.25) is 9.69 Å². The summed E-state index contributed by atoms with van der Waals surface area (Å²) in [7, 11) is 0. The number of carbonyl (C=O) groups is 1. The molecular weight excluding hydrogens is 464 g/mol. The maximum Gasteiger partial charge on any atom is 0.254 e. The monoisotopic (exact) mass is 494 g/mol. The van der Waals surface area contributed by atoms with Crippen LogP contribution in [0.3, 0.4) is 0 Å². The van der Waals surface area contributed by atoms with Gasteiger partial charge in [-0.15, -0.1) is 0 Å². The second-order valence-electron chi connectivity index (χ2n) is 9.29. The maximum atomic E-state index is 11.6. The highest BCUT2D eigenvalue weighted by Gasteiger charge is 2.17. The highest BCUT2D eigenvalue weighted by Crippen LogP contribution is 2.26. The van der Waals surface area contributed by atoms with E-state index in [2.05, 4.69) is 32.0 Å². The molecule has 188 valence electrons. The largest absolute Gasteiger partial charge is 0.438 e. The summed E-state index contributed by atoms with van der Waals surface area (Å²) >= 11 is 0. The molecule has 0 atom stereocenters. The van der Waals surface area contributed by atoms with E-state index in [1.165, 1.54) is 5.56 Å². The predicted molar refractivity (Wildman–Crippen MR) is 144 cm³/mol. The Balaban J connectivity index is 1.07. The number of fused-ring (bicyclic) bond motifs is 1. The molecule has 1 amide bonds. The van der Waals surface area contributed by atoms with E-state index >= 15 is 0 Å². The molecule has 1 fully saturated rings. The number of pyridine rings is 1. The Labute approximate surface area is 216 Å². The number of nitrogens with two attached hydrogens (primary N) is 1. The van der Waals surface area contributed by atoms with Crippen molar-refractivity contribution in [2.24, 2.45) is 5.73 Å². The zero-order chi connectivity index (χ0) is 25.6. The number of nitriles is 1. The van der Waals surface area contributed by atoms with Crippen LogP contribution < -0.4 is 15.4 Å². The van der Waals surface area contributed by atoms with Gasteiger partial charge in [-0.2, -0.15) is 5.26 Å². The zero-order valence-electron chi connectivity index (χ0n) is 20.7. The number of ether oxygens (including phenoxy) is 1. The van der Waals surface area contributed by atoms with Crippen LogP contribution in [0.5, 0.6) is 11.6 Å². The van der Waals surface area contributed by atoms with Crippen LogP contribution in [-0.4, -0.2) is 53.5 Å². The minimum absolute atomic E-state index is 0.216. The van der Waals surface area contributed by atoms with E-state index < -0.39 is 5.91 Å². The number of piperazine rings is 1. The molecule has 5 rings (SSSR count). The van der Waals surface area contributed by atoms with E-state index in [-0.39, 0.29) is 11.4 Å². The Morgan fingerprint density at radius 1 is 1.08 bits per heavy atom. The van der Waals surface area contributed by atoms with E-state index in [1.807, 2.05) is 42.5 Å². The summed E-state index contributed by atoms with van der Waals surface area (Å²) in [6, 6.07) is 19.2. The van der Waals surface area contributed by atoms with Crippen molar-refractivity contribution in [2.75, 3.05) is 37.6 Å². The van der Waals surface area contributed by atoms with Crippen LogP contribution in [0.25, 0.3) is 10.9 Å². The number of hydrogen-bond acceptors (Lipinski definition) is 6. The van der Waals surface area contributed by atoms with E-state index in [0.717, 1.165) is 68.6 Å². The maximum absolute atomic E-state index is 11.6. The summed E-state index contributed by atoms with van der Waals surface area (Å²) < 4.78 is 5.79. The van der Waals surface area contributed by atoms with Crippen molar-refractivity contribution in [1.82, 2.24) is 14.9 Å². The third-order valence-corrected chi connectivity index (χ3v) is 6.89. The van der Waals surface area contributed by atoms with Crippen molar-refractivity contribution in [3.63, 3.8) is 0 Å². The molecule has 0 radical (unpaired) electrons. The Kier molecular flexibility index (Phi) is 7.33. The third-order valence-electron chi connectivity index (χ3n) is 6.89. The number of anilines is 1. The average molecular weight is 495 g/mol. The Morgan fingerprint density at radius 3 is 2.65 bits per heavy atom. The molecular formula is C29H30N6O2. The number of aromatic nitrogens is 2. The standard InChI is InChI=1S/C29H30N6O2/c30-19-21-6-11-27-26(18-21)22(20-33-27)4-1-2-13-34-14-16-35(17-15-34)23-7-9-24(10-8-23)37-29-25(28(31)36)5-3-12-32-29/h3,5-12,18,20,33H,1-2,4,13-17H2,(H2,31,36). The molecule has 0 spiro atoms. The molecule has 2 aromatic carbocycles. The summed E-state index contributed by atoms with van der Waals surface area (Å²) in [6.07, 6.45) is 6.94. The number of primary amides is 1. The van der Waals surface area contributed by atoms with Crippen LogP contribution in [0.1, 0.15) is 34.3 Å². The van der Waals surface area contributed by atoms with Crippen LogP contribution in [-0.2, 0) is 6.42 Å². The summed E-state index contributed by atoms with van der Waals surface area (Å²) in [5.74, 6) is 0.264. The first-order valence-electron chi connectivity index (χ1n) is 12.6. The number of nitrogens with zero attached hydrogens (tertiary/aromatic N) is 4. The number of rotatable bonds is 9. The van der Waals surface area contributed by atoms with Crippen molar-refractivity contribution in [3.8, 4) is 17.7 Å². The van der Waals surface area contributed by atoms with E-state index in [1.54, 1.807) is 18.3 Å². The molecule has 8 nitrogen and oxygen atoms in total. The van der Waals surface area contributed by atoms with Gasteiger partial charge in [0.25, 0.3) is 5.91 Å². The van der Waals surface area contributed by atoms with E-state index in [0.29, 0.717) is 11.3 Å². The van der Waals surface area contributed by atoms with Gasteiger partial charge in [0, 0.05) is 55.2 Å². The van der Waals surface area contributed by atoms with Crippen LogP contribution in [0.4, 0.5) is 5.69 Å². The molecule has 0 saturated carbocycles. The van der Waals surface area contributed by atoms with Gasteiger partial charge in [0.15, 0.2) is 0 Å². The molecule has 0 aliphatic carbocycles. The molecule has 8 heteroatoms. The fraction of sp³-hybridized carbons (Fsp3) is 0.276. The van der Waals surface area contributed by atoms with Gasteiger partial charge in [0.05, 0.1) is 11.6 Å². The second kappa shape index (κ2) is 11.1. The first-order valence-corrected chi connectivity index (χ1v) is 12.6. The second-order valence-corrected chi connectivity index (χ2v) is 9.29. The van der Waals surface area contributed by atoms with Gasteiger partial charge in [-0.1, -0.05) is 0 Å². The van der Waals surface area contributed by atoms with Crippen LogP contribution >= 0.6 is 0 Å². The summed E-state index contributed by atoms with van der Waals surface area (Å²) in [4.78, 5) is 23.9. The smallest absolute Gasteiger partial charge is 0.254 e. The van der Waals surface area contributed by atoms with Crippen LogP contribution in [0.15, 0.2) is 67.0 Å². The summed E-state index contributed by atoms with van der Waals surface area (Å²) in [5.41, 5.74) is 9.92. The normalized spacial score (nSPS) is 14.0. The first-order chi connectivity index (χ1) is 18.1. The molecule has 3 N–H and O–H groups in total. The highest BCUT2D eigenvalue weighted by molar-refractivity contribution is 5.95. The summed E-state index contributed by atoms with van der Waals surface area (Å²) in [6.45, 7) is 5.12. The third kappa shape index (κ3) is 5.74. The molecule has 37 heavy (non-hydrogen) atoms. The molecule has 2 aromatic heterocycles. The number of H-pyrrole nitrogens is 1. The van der Waals surface area contributed by atoms with Crippen molar-refractivity contribution in [3.05, 3.63) is 83.7 Å². The number of carbonyl (C=O) groups excluding carboxylic acids is 1. The number of hydrogen-bond donors (Lipinski definition) is 2. The lowest BCUT2D eigenvalue weighted by molar-refractivity contribution is 0.0997. The number of amides is 1. The predicted octanol–water partition coefficient (Wildman–Crippen LogP) is 4.47. The number of unbranched alkanes of at least 4 members (excludes halogenated alkanes) is 1. The number of nitrogens with one attached hydrogen (secondary N) is 1. The van der Waals surface area contributed by atoms with Gasteiger partial charge >= 0.3 is 0 Å². The highest BCUT2D eigenvalue weighted by atomic mass is 16.5. The van der Waals surface area contributed by atoms with Crippen LogP contribution in [0, 0.1) is 11.3 Å². The van der Waals surface area contributed by atoms with Crippen molar-refractivity contribution >= 4 is 22.5 Å². The SMILES string of the molecule is N#Cc1ccc2[nH]cc(CCCCN3CCN(c4ccc(Oc5ncccc5C(N)=O)cc4)CC3)c2c1. The lowest BCUT2D eigenvalue weighted by Crippen LogP contribution is -2.46. The van der Waals surface area contributed by atoms with Gasteiger partial charge in [-0.25, -0.2) is 4.98 Å². The van der Waals surface area contributed by atoms with Gasteiger partial charge in [0.1, 0.15) is 11.3 Å². The topological polar surface area (TPSA) is 111 Å². The molecule has 1 aliphatic heterocycles. The van der Waals surface area contributed by atoms with Crippen molar-refractivity contribution in [2.45, 2.75) is 19.3 Å². The Morgan fingerprint density at radius 2 is 1.89 bits per heavy atom. The van der Waals surface area contributed by atoms with Crippen molar-refractivity contribution < 1.29 is 9.53 Å².